The fourth-order valence-corrected chi connectivity index (χ4v) is 5.35. The van der Waals surface area contributed by atoms with Gasteiger partial charge >= 0.3 is 11.9 Å². The molecule has 0 saturated heterocycles. The van der Waals surface area contributed by atoms with E-state index >= 15 is 0 Å². The molecular formula is C43H50N8O6. The zero-order valence-corrected chi connectivity index (χ0v) is 33.5. The van der Waals surface area contributed by atoms with Gasteiger partial charge in [0.2, 0.25) is 11.8 Å². The van der Waals surface area contributed by atoms with Crippen LogP contribution in [0.5, 0.6) is 11.8 Å². The number of aliphatic carboxylic acids is 1. The first-order valence-electron chi connectivity index (χ1n) is 18.9. The Labute approximate surface area is 332 Å². The lowest BCUT2D eigenvalue weighted by Gasteiger charge is -2.21. The first-order valence-corrected chi connectivity index (χ1v) is 18.9. The minimum Gasteiger partial charge on any atom is -0.481 e. The Morgan fingerprint density at radius 2 is 0.982 bits per heavy atom. The molecule has 14 heteroatoms. The van der Waals surface area contributed by atoms with Gasteiger partial charge in [-0.3, -0.25) is 19.8 Å². The first kappa shape index (κ1) is 41.7. The molecule has 3 N–H and O–H groups in total. The smallest absolute Gasteiger partial charge is 0.314 e. The summed E-state index contributed by atoms with van der Waals surface area (Å²) in [5, 5.41) is 23.6. The average molecular weight is 775 g/mol. The number of benzene rings is 2. The highest BCUT2D eigenvalue weighted by atomic mass is 16.5. The van der Waals surface area contributed by atoms with Gasteiger partial charge in [0.05, 0.1) is 17.9 Å². The van der Waals surface area contributed by atoms with E-state index in [1.165, 1.54) is 7.11 Å². The summed E-state index contributed by atoms with van der Waals surface area (Å²) in [6.45, 7) is 11.2. The van der Waals surface area contributed by atoms with Gasteiger partial charge in [0, 0.05) is 59.6 Å². The molecule has 0 atom stereocenters. The van der Waals surface area contributed by atoms with Gasteiger partial charge in [0.25, 0.3) is 0 Å². The van der Waals surface area contributed by atoms with Crippen molar-refractivity contribution in [1.29, 1.82) is 0 Å². The summed E-state index contributed by atoms with van der Waals surface area (Å²) in [5.74, 6) is 2.84. The summed E-state index contributed by atoms with van der Waals surface area (Å²) in [5.41, 5.74) is 4.17. The lowest BCUT2D eigenvalue weighted by Crippen LogP contribution is -2.32. The number of aromatic amines is 2. The minimum atomic E-state index is -0.965. The maximum absolute atomic E-state index is 11.7. The standard InChI is InChI=1S/C22H26N4O3.C21H24N4O3/c1-5-6-18-24-20(26-25-18)16-9-7-15(8-10-16)17-11-12-19(23-13-17)29-14-22(2,3)21(27)28-4;1-4-5-17-23-19(25-24-17)15-8-6-14(7-9-15)16-10-11-18(22-12-16)28-13-21(2,3)20(26)27/h7-13H,5-6,14H2,1-4H3,(H,24,25,26);6-12H,4-5,13H2,1-3H3,(H,26,27)(H,23,24,25). The topological polar surface area (TPSA) is 191 Å². The molecule has 6 rings (SSSR count). The van der Waals surface area contributed by atoms with Crippen LogP contribution in [0, 0.1) is 10.8 Å². The van der Waals surface area contributed by atoms with Crippen molar-refractivity contribution in [3.63, 3.8) is 0 Å². The molecular weight excluding hydrogens is 725 g/mol. The number of aryl methyl sites for hydroxylation is 2. The summed E-state index contributed by atoms with van der Waals surface area (Å²) in [6.07, 6.45) is 7.29. The molecule has 0 radical (unpaired) electrons. The van der Waals surface area contributed by atoms with E-state index in [0.717, 1.165) is 70.7 Å². The highest BCUT2D eigenvalue weighted by Crippen LogP contribution is 2.27. The van der Waals surface area contributed by atoms with Crippen LogP contribution in [0.4, 0.5) is 0 Å². The summed E-state index contributed by atoms with van der Waals surface area (Å²) in [4.78, 5) is 40.5. The maximum atomic E-state index is 11.7. The van der Waals surface area contributed by atoms with Gasteiger partial charge < -0.3 is 19.3 Å². The number of hydrogen-bond donors (Lipinski definition) is 3. The van der Waals surface area contributed by atoms with E-state index in [9.17, 15) is 9.59 Å². The number of carbonyl (C=O) groups excluding carboxylic acids is 1. The van der Waals surface area contributed by atoms with Crippen molar-refractivity contribution in [1.82, 2.24) is 40.3 Å². The second kappa shape index (κ2) is 18.9. The Balaban J connectivity index is 0.000000218. The number of carbonyl (C=O) groups is 2. The number of carboxylic acids is 1. The molecule has 0 aliphatic carbocycles. The molecule has 4 aromatic heterocycles. The molecule has 14 nitrogen and oxygen atoms in total. The molecule has 298 valence electrons. The van der Waals surface area contributed by atoms with Crippen LogP contribution in [0.25, 0.3) is 45.0 Å². The summed E-state index contributed by atoms with van der Waals surface area (Å²) in [6, 6.07) is 23.4. The van der Waals surface area contributed by atoms with Crippen molar-refractivity contribution >= 4 is 11.9 Å². The zero-order chi connectivity index (χ0) is 41.0. The Hall–Kier alpha value is -6.44. The normalized spacial score (nSPS) is 11.4. The molecule has 0 bridgehead atoms. The summed E-state index contributed by atoms with van der Waals surface area (Å²) in [7, 11) is 1.37. The SMILES string of the molecule is CCCc1nc(-c2ccc(-c3ccc(OCC(C)(C)C(=O)O)nc3)cc2)n[nH]1.CCCc1nc(-c2ccc(-c3ccc(OCC(C)(C)C(=O)OC)nc3)cc2)n[nH]1. The number of aromatic nitrogens is 8. The van der Waals surface area contributed by atoms with Crippen LogP contribution in [0.1, 0.15) is 66.0 Å². The third-order valence-corrected chi connectivity index (χ3v) is 8.94. The summed E-state index contributed by atoms with van der Waals surface area (Å²) >= 11 is 0. The van der Waals surface area contributed by atoms with Crippen molar-refractivity contribution in [2.75, 3.05) is 20.3 Å². The number of ether oxygens (including phenoxy) is 3. The van der Waals surface area contributed by atoms with Gasteiger partial charge in [0.1, 0.15) is 24.9 Å². The van der Waals surface area contributed by atoms with Gasteiger partial charge in [-0.1, -0.05) is 62.4 Å². The predicted molar refractivity (Wildman–Crippen MR) is 216 cm³/mol. The quantitative estimate of drug-likeness (QED) is 0.0804. The number of hydrogen-bond acceptors (Lipinski definition) is 11. The maximum Gasteiger partial charge on any atom is 0.314 e. The van der Waals surface area contributed by atoms with Crippen molar-refractivity contribution in [3.8, 4) is 56.8 Å². The highest BCUT2D eigenvalue weighted by molar-refractivity contribution is 5.76. The Kier molecular flexibility index (Phi) is 13.9. The molecule has 0 unspecified atom stereocenters. The van der Waals surface area contributed by atoms with Crippen LogP contribution in [0.15, 0.2) is 85.2 Å². The number of esters is 1. The zero-order valence-electron chi connectivity index (χ0n) is 33.5. The van der Waals surface area contributed by atoms with Crippen molar-refractivity contribution in [2.24, 2.45) is 10.8 Å². The molecule has 0 aliphatic heterocycles. The Morgan fingerprint density at radius 3 is 1.33 bits per heavy atom. The predicted octanol–water partition coefficient (Wildman–Crippen LogP) is 8.04. The van der Waals surface area contributed by atoms with Crippen molar-refractivity contribution < 1.29 is 28.9 Å². The van der Waals surface area contributed by atoms with Crippen LogP contribution in [-0.4, -0.2) is 77.7 Å². The van der Waals surface area contributed by atoms with Gasteiger partial charge in [0.15, 0.2) is 11.6 Å². The van der Waals surface area contributed by atoms with Gasteiger partial charge in [-0.25, -0.2) is 19.9 Å². The van der Waals surface area contributed by atoms with E-state index in [4.69, 9.17) is 19.3 Å². The first-order chi connectivity index (χ1) is 27.3. The lowest BCUT2D eigenvalue weighted by molar-refractivity contribution is -0.152. The summed E-state index contributed by atoms with van der Waals surface area (Å²) < 4.78 is 15.9. The van der Waals surface area contributed by atoms with Crippen LogP contribution < -0.4 is 9.47 Å². The van der Waals surface area contributed by atoms with Crippen LogP contribution in [0.3, 0.4) is 0 Å². The van der Waals surface area contributed by atoms with E-state index in [1.54, 1.807) is 52.2 Å². The molecule has 0 saturated carbocycles. The van der Waals surface area contributed by atoms with E-state index < -0.39 is 16.8 Å². The fourth-order valence-electron chi connectivity index (χ4n) is 5.35. The van der Waals surface area contributed by atoms with E-state index in [-0.39, 0.29) is 19.2 Å². The lowest BCUT2D eigenvalue weighted by atomic mass is 9.95. The van der Waals surface area contributed by atoms with Crippen molar-refractivity contribution in [3.05, 3.63) is 96.8 Å². The molecule has 0 fully saturated rings. The second-order valence-electron chi connectivity index (χ2n) is 14.8. The molecule has 0 amide bonds. The number of pyridine rings is 2. The van der Waals surface area contributed by atoms with E-state index in [2.05, 4.69) is 54.2 Å². The molecule has 57 heavy (non-hydrogen) atoms. The number of H-pyrrole nitrogens is 2. The molecule has 0 aliphatic rings. The number of nitrogens with one attached hydrogen (secondary N) is 2. The van der Waals surface area contributed by atoms with Gasteiger partial charge in [-0.2, -0.15) is 10.2 Å². The Bertz CT molecular complexity index is 2190. The van der Waals surface area contributed by atoms with Gasteiger partial charge in [-0.15, -0.1) is 0 Å². The second-order valence-corrected chi connectivity index (χ2v) is 14.8. The average Bonchev–Trinajstić information content (AvgIpc) is 3.90. The number of methoxy groups -OCH3 is 1. The van der Waals surface area contributed by atoms with E-state index in [0.29, 0.717) is 23.4 Å². The number of carboxylic acid groups (broad SMARTS) is 1. The van der Waals surface area contributed by atoms with Crippen LogP contribution in [0.2, 0.25) is 0 Å². The number of rotatable bonds is 16. The minimum absolute atomic E-state index is 0.0556. The Morgan fingerprint density at radius 1 is 0.596 bits per heavy atom. The largest absolute Gasteiger partial charge is 0.481 e. The molecule has 2 aromatic carbocycles. The van der Waals surface area contributed by atoms with E-state index in [1.807, 2.05) is 60.7 Å². The highest BCUT2D eigenvalue weighted by Gasteiger charge is 2.30. The molecule has 6 aromatic rings. The molecule has 0 spiro atoms. The van der Waals surface area contributed by atoms with Gasteiger partial charge in [-0.05, 0) is 63.8 Å². The number of nitrogens with zero attached hydrogens (tertiary/aromatic N) is 6. The van der Waals surface area contributed by atoms with Crippen LogP contribution >= 0.6 is 0 Å². The monoisotopic (exact) mass is 774 g/mol. The van der Waals surface area contributed by atoms with Crippen molar-refractivity contribution in [2.45, 2.75) is 67.2 Å². The third-order valence-electron chi connectivity index (χ3n) is 8.94. The fraction of sp³-hybridized carbons (Fsp3) is 0.349. The molecule has 4 heterocycles. The van der Waals surface area contributed by atoms with Crippen LogP contribution in [-0.2, 0) is 27.2 Å². The third kappa shape index (κ3) is 11.3.